The predicted octanol–water partition coefficient (Wildman–Crippen LogP) is 3.17. The zero-order valence-corrected chi connectivity index (χ0v) is 13.6. The maximum absolute atomic E-state index is 11.8. The molecule has 2 aromatic rings. The monoisotopic (exact) mass is 303 g/mol. The van der Waals surface area contributed by atoms with Crippen molar-refractivity contribution in [2.24, 2.45) is 0 Å². The topological polar surface area (TPSA) is 64.1 Å². The molecule has 0 aliphatic carbocycles. The van der Waals surface area contributed by atoms with E-state index in [0.29, 0.717) is 24.7 Å². The Hall–Kier alpha value is -2.43. The molecule has 0 aliphatic heterocycles. The van der Waals surface area contributed by atoms with Crippen LogP contribution in [0, 0.1) is 13.8 Å². The molecule has 0 saturated carbocycles. The molecule has 0 radical (unpaired) electrons. The van der Waals surface area contributed by atoms with Gasteiger partial charge in [0.1, 0.15) is 6.61 Å². The molecule has 1 aromatic heterocycles. The first-order chi connectivity index (χ1) is 10.6. The fourth-order valence-corrected chi connectivity index (χ4v) is 1.57. The van der Waals surface area contributed by atoms with E-state index in [0.717, 1.165) is 11.1 Å². The third-order valence-corrected chi connectivity index (χ3v) is 2.69. The third kappa shape index (κ3) is 5.91. The second-order valence-electron chi connectivity index (χ2n) is 4.51. The van der Waals surface area contributed by atoms with Gasteiger partial charge < -0.3 is 10.1 Å². The molecular weight excluding hydrogens is 278 g/mol. The number of aromatic nitrogens is 2. The summed E-state index contributed by atoms with van der Waals surface area (Å²) in [6, 6.07) is 7.74. The van der Waals surface area contributed by atoms with Gasteiger partial charge in [-0.1, -0.05) is 31.5 Å². The highest BCUT2D eigenvalue weighted by Gasteiger charge is 2.04. The van der Waals surface area contributed by atoms with Gasteiger partial charge in [-0.05, 0) is 31.5 Å². The van der Waals surface area contributed by atoms with Crippen LogP contribution in [0.25, 0.3) is 0 Å². The molecule has 22 heavy (non-hydrogen) atoms. The number of nitrogens with one attached hydrogen (secondary N) is 1. The van der Waals surface area contributed by atoms with Crippen LogP contribution < -0.4 is 10.1 Å². The summed E-state index contributed by atoms with van der Waals surface area (Å²) in [5.74, 6) is -0.113. The van der Waals surface area contributed by atoms with Crippen LogP contribution in [0.15, 0.2) is 36.7 Å². The van der Waals surface area contributed by atoms with Crippen LogP contribution in [-0.4, -0.2) is 29.0 Å². The van der Waals surface area contributed by atoms with Crippen LogP contribution in [-0.2, 0) is 0 Å². The molecule has 0 saturated heterocycles. The van der Waals surface area contributed by atoms with Crippen molar-refractivity contribution in [2.45, 2.75) is 27.7 Å². The highest BCUT2D eigenvalue weighted by molar-refractivity contribution is 5.94. The molecule has 0 aliphatic rings. The Bertz CT molecular complexity index is 571. The smallest absolute Gasteiger partial charge is 0.316 e. The van der Waals surface area contributed by atoms with Crippen molar-refractivity contribution in [2.75, 3.05) is 13.2 Å². The predicted molar refractivity (Wildman–Crippen MR) is 89.2 cm³/mol. The first-order valence-corrected chi connectivity index (χ1v) is 7.41. The molecule has 2 rings (SSSR count). The van der Waals surface area contributed by atoms with Gasteiger partial charge in [-0.3, -0.25) is 4.79 Å². The normalized spacial score (nSPS) is 9.45. The van der Waals surface area contributed by atoms with E-state index in [1.54, 1.807) is 24.5 Å². The van der Waals surface area contributed by atoms with Gasteiger partial charge in [0.2, 0.25) is 0 Å². The quantitative estimate of drug-likeness (QED) is 0.862. The van der Waals surface area contributed by atoms with Crippen molar-refractivity contribution in [1.82, 2.24) is 15.3 Å². The Morgan fingerprint density at radius 2 is 1.68 bits per heavy atom. The first-order valence-electron chi connectivity index (χ1n) is 7.41. The number of ether oxygens (including phenoxy) is 1. The maximum atomic E-state index is 11.8. The number of rotatable bonds is 5. The number of hydrogen-bond acceptors (Lipinski definition) is 4. The fourth-order valence-electron chi connectivity index (χ4n) is 1.57. The van der Waals surface area contributed by atoms with Crippen LogP contribution >= 0.6 is 0 Å². The summed E-state index contributed by atoms with van der Waals surface area (Å²) < 4.78 is 5.33. The minimum atomic E-state index is -0.113. The van der Waals surface area contributed by atoms with Gasteiger partial charge >= 0.3 is 6.01 Å². The maximum Gasteiger partial charge on any atom is 0.316 e. The Morgan fingerprint density at radius 1 is 1.09 bits per heavy atom. The van der Waals surface area contributed by atoms with Gasteiger partial charge in [0, 0.05) is 19.4 Å². The second-order valence-corrected chi connectivity index (χ2v) is 4.51. The molecule has 1 aromatic carbocycles. The average molecular weight is 303 g/mol. The van der Waals surface area contributed by atoms with Gasteiger partial charge in [0.05, 0.1) is 6.54 Å². The Balaban J connectivity index is 0.00000155. The number of carbonyl (C=O) groups is 1. The summed E-state index contributed by atoms with van der Waals surface area (Å²) in [4.78, 5) is 19.8. The number of benzene rings is 1. The van der Waals surface area contributed by atoms with E-state index < -0.39 is 0 Å². The molecule has 0 bridgehead atoms. The standard InChI is InChI=1S/C15H17N3O2.C2H6.H2/c1-11-3-5-13(6-4-11)14(19)16-7-8-20-15-17-9-12(2)10-18-15;1-2;/h3-6,9-10H,7-8H2,1-2H3,(H,16,19);1-2H3;1H. The lowest BCUT2D eigenvalue weighted by atomic mass is 10.1. The van der Waals surface area contributed by atoms with Gasteiger partial charge in [0.15, 0.2) is 0 Å². The van der Waals surface area contributed by atoms with Crippen LogP contribution in [0.4, 0.5) is 0 Å². The first kappa shape index (κ1) is 17.6. The Morgan fingerprint density at radius 3 is 2.27 bits per heavy atom. The molecule has 5 nitrogen and oxygen atoms in total. The van der Waals surface area contributed by atoms with Gasteiger partial charge in [-0.15, -0.1) is 0 Å². The largest absolute Gasteiger partial charge is 0.462 e. The minimum Gasteiger partial charge on any atom is -0.462 e. The van der Waals surface area contributed by atoms with E-state index >= 15 is 0 Å². The third-order valence-electron chi connectivity index (χ3n) is 2.69. The highest BCUT2D eigenvalue weighted by atomic mass is 16.5. The van der Waals surface area contributed by atoms with Crippen LogP contribution in [0.1, 0.15) is 36.8 Å². The molecule has 5 heteroatoms. The molecule has 1 heterocycles. The van der Waals surface area contributed by atoms with Gasteiger partial charge in [-0.2, -0.15) is 0 Å². The summed E-state index contributed by atoms with van der Waals surface area (Å²) in [6.07, 6.45) is 3.38. The lowest BCUT2D eigenvalue weighted by Crippen LogP contribution is -2.28. The number of hydrogen-bond donors (Lipinski definition) is 1. The number of amides is 1. The Labute approximate surface area is 133 Å². The number of nitrogens with zero attached hydrogens (tertiary/aromatic N) is 2. The van der Waals surface area contributed by atoms with E-state index in [1.807, 2.05) is 39.8 Å². The molecule has 0 spiro atoms. The van der Waals surface area contributed by atoms with Crippen molar-refractivity contribution in [3.05, 3.63) is 53.3 Å². The van der Waals surface area contributed by atoms with Crippen molar-refractivity contribution >= 4 is 5.91 Å². The van der Waals surface area contributed by atoms with Crippen LogP contribution in [0.5, 0.6) is 6.01 Å². The number of aryl methyl sites for hydroxylation is 2. The minimum absolute atomic E-state index is 0. The zero-order valence-electron chi connectivity index (χ0n) is 13.6. The summed E-state index contributed by atoms with van der Waals surface area (Å²) >= 11 is 0. The molecule has 120 valence electrons. The molecule has 0 atom stereocenters. The van der Waals surface area contributed by atoms with Gasteiger partial charge in [0.25, 0.3) is 5.91 Å². The SMILES string of the molecule is CC.Cc1ccc(C(=O)NCCOc2ncc(C)cn2)cc1.[HH]. The van der Waals surface area contributed by atoms with Crippen molar-refractivity contribution in [1.29, 1.82) is 0 Å². The van der Waals surface area contributed by atoms with E-state index in [4.69, 9.17) is 4.74 Å². The Kier molecular flexibility index (Phi) is 7.61. The van der Waals surface area contributed by atoms with E-state index in [9.17, 15) is 4.79 Å². The van der Waals surface area contributed by atoms with Crippen molar-refractivity contribution < 1.29 is 11.0 Å². The van der Waals surface area contributed by atoms with Crippen LogP contribution in [0.3, 0.4) is 0 Å². The summed E-state index contributed by atoms with van der Waals surface area (Å²) in [5.41, 5.74) is 2.74. The lowest BCUT2D eigenvalue weighted by molar-refractivity contribution is 0.0946. The summed E-state index contributed by atoms with van der Waals surface area (Å²) in [7, 11) is 0. The van der Waals surface area contributed by atoms with Crippen LogP contribution in [0.2, 0.25) is 0 Å². The molecular formula is C17H25N3O2. The zero-order chi connectivity index (χ0) is 16.4. The average Bonchev–Trinajstić information content (AvgIpc) is 2.55. The molecule has 1 N–H and O–H groups in total. The summed E-state index contributed by atoms with van der Waals surface area (Å²) in [6.45, 7) is 8.63. The lowest BCUT2D eigenvalue weighted by Gasteiger charge is -2.06. The van der Waals surface area contributed by atoms with E-state index in [-0.39, 0.29) is 7.33 Å². The van der Waals surface area contributed by atoms with Crippen molar-refractivity contribution in [3.8, 4) is 6.01 Å². The van der Waals surface area contributed by atoms with Crippen molar-refractivity contribution in [3.63, 3.8) is 0 Å². The second kappa shape index (κ2) is 9.50. The van der Waals surface area contributed by atoms with E-state index in [2.05, 4.69) is 15.3 Å². The molecule has 1 amide bonds. The van der Waals surface area contributed by atoms with Gasteiger partial charge in [-0.25, -0.2) is 9.97 Å². The number of carbonyl (C=O) groups excluding carboxylic acids is 1. The fraction of sp³-hybridized carbons (Fsp3) is 0.353. The summed E-state index contributed by atoms with van der Waals surface area (Å²) in [5, 5.41) is 2.78. The van der Waals surface area contributed by atoms with E-state index in [1.165, 1.54) is 0 Å². The molecule has 0 unspecified atom stereocenters. The highest BCUT2D eigenvalue weighted by Crippen LogP contribution is 2.03. The molecule has 0 fully saturated rings.